The molecule has 1 unspecified atom stereocenters. The van der Waals surface area contributed by atoms with Crippen molar-refractivity contribution in [3.8, 4) is 24.7 Å². The van der Waals surface area contributed by atoms with Gasteiger partial charge in [-0.3, -0.25) is 19.2 Å². The van der Waals surface area contributed by atoms with E-state index in [0.717, 1.165) is 11.1 Å². The third-order valence-corrected chi connectivity index (χ3v) is 6.22. The van der Waals surface area contributed by atoms with Gasteiger partial charge in [0.25, 0.3) is 11.8 Å². The molecule has 0 spiro atoms. The minimum Gasteiger partial charge on any atom is -0.361 e. The van der Waals surface area contributed by atoms with Crippen LogP contribution in [0, 0.1) is 38.5 Å². The molecular formula is C34H36N6O6. The standard InChI is InChI=1S/C13H13N3O.C13H12N2O.C8H11NO4/c1-3-4-5-12(17)13(15-16-14)11-8-6-10(2)7-9-11;1-3-4-5-12(16)13(15-14)11-8-6-10(2)7-9-11;1-2-3-8(12)13-9-6(10)4-5-7(9)11/h1,6-9,13H,4-5H2,2H3;1,6-9H,4-5H2,2H3;2-5H2,1H3. The molecule has 12 nitrogen and oxygen atoms in total. The molecule has 238 valence electrons. The summed E-state index contributed by atoms with van der Waals surface area (Å²) in [5, 5.41) is 4.11. The molecule has 3 rings (SSSR count). The van der Waals surface area contributed by atoms with Crippen LogP contribution in [-0.2, 0) is 28.8 Å². The van der Waals surface area contributed by atoms with Gasteiger partial charge in [-0.25, -0.2) is 4.79 Å². The number of azide groups is 1. The molecule has 0 aromatic heterocycles. The first-order valence-electron chi connectivity index (χ1n) is 14.4. The van der Waals surface area contributed by atoms with Crippen molar-refractivity contribution in [2.45, 2.75) is 78.2 Å². The third-order valence-electron chi connectivity index (χ3n) is 6.22. The van der Waals surface area contributed by atoms with E-state index >= 15 is 0 Å². The molecule has 0 saturated carbocycles. The fourth-order valence-electron chi connectivity index (χ4n) is 3.75. The van der Waals surface area contributed by atoms with Crippen molar-refractivity contribution >= 4 is 35.1 Å². The van der Waals surface area contributed by atoms with Crippen molar-refractivity contribution < 1.29 is 33.6 Å². The minimum absolute atomic E-state index is 0.0650. The first kappa shape index (κ1) is 38.2. The molecule has 0 aliphatic carbocycles. The van der Waals surface area contributed by atoms with Crippen LogP contribution in [-0.4, -0.2) is 44.9 Å². The Balaban J connectivity index is 0.000000348. The normalized spacial score (nSPS) is 11.9. The lowest BCUT2D eigenvalue weighted by molar-refractivity contribution is -0.197. The Morgan fingerprint density at radius 1 is 0.891 bits per heavy atom. The van der Waals surface area contributed by atoms with Crippen molar-refractivity contribution in [2.75, 3.05) is 0 Å². The van der Waals surface area contributed by atoms with Gasteiger partial charge in [-0.2, -0.15) is 4.79 Å². The van der Waals surface area contributed by atoms with Crippen LogP contribution in [0.25, 0.3) is 16.0 Å². The number of hydrogen-bond donors (Lipinski definition) is 0. The van der Waals surface area contributed by atoms with Crippen molar-refractivity contribution in [2.24, 2.45) is 5.11 Å². The van der Waals surface area contributed by atoms with Crippen LogP contribution in [0.1, 0.15) is 86.6 Å². The van der Waals surface area contributed by atoms with E-state index in [1.807, 2.05) is 45.0 Å². The molecule has 2 amide bonds. The number of aryl methyl sites for hydroxylation is 2. The Hall–Kier alpha value is -5.80. The zero-order valence-electron chi connectivity index (χ0n) is 26.1. The Morgan fingerprint density at radius 2 is 1.41 bits per heavy atom. The molecule has 0 bridgehead atoms. The molecule has 12 heteroatoms. The number of carbonyl (C=O) groups is 5. The van der Waals surface area contributed by atoms with Gasteiger partial charge in [0.2, 0.25) is 5.78 Å². The fraction of sp³-hybridized carbons (Fsp3) is 0.353. The van der Waals surface area contributed by atoms with Crippen molar-refractivity contribution in [1.29, 1.82) is 0 Å². The van der Waals surface area contributed by atoms with Crippen LogP contribution >= 0.6 is 0 Å². The van der Waals surface area contributed by atoms with Gasteiger partial charge in [0.1, 0.15) is 11.8 Å². The summed E-state index contributed by atoms with van der Waals surface area (Å²) in [6.07, 6.45) is 12.4. The predicted molar refractivity (Wildman–Crippen MR) is 170 cm³/mol. The number of imide groups is 1. The van der Waals surface area contributed by atoms with Crippen molar-refractivity contribution in [3.05, 3.63) is 86.8 Å². The van der Waals surface area contributed by atoms with Gasteiger partial charge in [-0.1, -0.05) is 59.6 Å². The Bertz CT molecular complexity index is 1560. The maximum Gasteiger partial charge on any atom is 0.364 e. The molecule has 46 heavy (non-hydrogen) atoms. The van der Waals surface area contributed by atoms with E-state index in [1.165, 1.54) is 0 Å². The summed E-state index contributed by atoms with van der Waals surface area (Å²) in [6.45, 7) is 5.71. The SMILES string of the molecule is C#CCCC(=O)C(=[N+]=[N-])c1ccc(C)cc1.C#CCCC(=O)C(N=[N+]=[N-])c1ccc(C)cc1.CCCC(=O)ON1C(=O)CCC1=O. The molecule has 0 radical (unpaired) electrons. The average molecular weight is 625 g/mol. The summed E-state index contributed by atoms with van der Waals surface area (Å²) in [6, 6.07) is 13.8. The lowest BCUT2D eigenvalue weighted by Crippen LogP contribution is -2.31. The third kappa shape index (κ3) is 13.2. The summed E-state index contributed by atoms with van der Waals surface area (Å²) < 4.78 is 0. The maximum absolute atomic E-state index is 11.8. The van der Waals surface area contributed by atoms with Gasteiger partial charge < -0.3 is 10.4 Å². The lowest BCUT2D eigenvalue weighted by Gasteiger charge is -2.11. The molecule has 2 aromatic rings. The number of carbonyl (C=O) groups excluding carboxylic acids is 5. The number of hydrogen-bond acceptors (Lipinski definition) is 7. The highest BCUT2D eigenvalue weighted by Crippen LogP contribution is 2.21. The monoisotopic (exact) mass is 624 g/mol. The molecule has 1 fully saturated rings. The second-order valence-corrected chi connectivity index (χ2v) is 9.93. The second kappa shape index (κ2) is 21.0. The van der Waals surface area contributed by atoms with E-state index in [9.17, 15) is 24.0 Å². The quantitative estimate of drug-likeness (QED) is 0.0726. The van der Waals surface area contributed by atoms with Gasteiger partial charge in [0.05, 0.1) is 5.56 Å². The smallest absolute Gasteiger partial charge is 0.361 e. The van der Waals surface area contributed by atoms with Crippen LogP contribution in [0.5, 0.6) is 0 Å². The molecule has 1 aliphatic rings. The Labute approximate surface area is 268 Å². The number of hydroxylamine groups is 2. The molecule has 1 heterocycles. The van der Waals surface area contributed by atoms with Crippen molar-refractivity contribution in [3.63, 3.8) is 0 Å². The van der Waals surface area contributed by atoms with Crippen LogP contribution in [0.2, 0.25) is 0 Å². The first-order valence-corrected chi connectivity index (χ1v) is 14.4. The van der Waals surface area contributed by atoms with E-state index in [1.54, 1.807) is 24.3 Å². The molecule has 1 aliphatic heterocycles. The molecule has 1 saturated heterocycles. The molecule has 2 aromatic carbocycles. The maximum atomic E-state index is 11.8. The van der Waals surface area contributed by atoms with Gasteiger partial charge in [0, 0.05) is 49.9 Å². The van der Waals surface area contributed by atoms with Crippen LogP contribution in [0.3, 0.4) is 0 Å². The van der Waals surface area contributed by atoms with E-state index in [0.29, 0.717) is 35.5 Å². The highest BCUT2D eigenvalue weighted by atomic mass is 16.7. The van der Waals surface area contributed by atoms with Gasteiger partial charge in [-0.05, 0) is 43.5 Å². The summed E-state index contributed by atoms with van der Waals surface area (Å²) in [5.41, 5.74) is 20.9. The van der Waals surface area contributed by atoms with Gasteiger partial charge in [0.15, 0.2) is 0 Å². The minimum atomic E-state index is -0.769. The summed E-state index contributed by atoms with van der Waals surface area (Å²) in [7, 11) is 0. The van der Waals surface area contributed by atoms with E-state index in [-0.39, 0.29) is 49.4 Å². The lowest BCUT2D eigenvalue weighted by atomic mass is 9.99. The number of rotatable bonds is 12. The molecular weight excluding hydrogens is 588 g/mol. The number of amides is 2. The largest absolute Gasteiger partial charge is 0.364 e. The van der Waals surface area contributed by atoms with E-state index < -0.39 is 23.8 Å². The van der Waals surface area contributed by atoms with Crippen LogP contribution in [0.15, 0.2) is 53.6 Å². The number of ketones is 2. The highest BCUT2D eigenvalue weighted by Gasteiger charge is 2.32. The second-order valence-electron chi connectivity index (χ2n) is 9.93. The number of Topliss-reactive ketones (excluding diaryl/α,β-unsaturated/α-hetero) is 2. The molecule has 0 N–H and O–H groups in total. The van der Waals surface area contributed by atoms with E-state index in [4.69, 9.17) is 23.9 Å². The average Bonchev–Trinajstić information content (AvgIpc) is 3.36. The Kier molecular flexibility index (Phi) is 17.4. The van der Waals surface area contributed by atoms with Crippen molar-refractivity contribution in [1.82, 2.24) is 5.06 Å². The summed E-state index contributed by atoms with van der Waals surface area (Å²) >= 11 is 0. The highest BCUT2D eigenvalue weighted by molar-refractivity contribution is 6.43. The molecule has 1 atom stereocenters. The van der Waals surface area contributed by atoms with Crippen LogP contribution < -0.4 is 0 Å². The number of nitrogens with zero attached hydrogens (tertiary/aromatic N) is 6. The number of terminal acetylenes is 2. The summed E-state index contributed by atoms with van der Waals surface area (Å²) in [5.74, 6) is 2.98. The predicted octanol–water partition coefficient (Wildman–Crippen LogP) is 5.72. The fourth-order valence-corrected chi connectivity index (χ4v) is 3.75. The number of benzene rings is 2. The van der Waals surface area contributed by atoms with Gasteiger partial charge >= 0.3 is 11.7 Å². The van der Waals surface area contributed by atoms with E-state index in [2.05, 4.69) is 31.5 Å². The zero-order valence-corrected chi connectivity index (χ0v) is 26.1. The summed E-state index contributed by atoms with van der Waals surface area (Å²) in [4.78, 5) is 66.6. The van der Waals surface area contributed by atoms with Gasteiger partial charge in [-0.15, -0.1) is 29.8 Å². The zero-order chi connectivity index (χ0) is 34.5. The first-order chi connectivity index (χ1) is 22.0. The Morgan fingerprint density at radius 3 is 1.89 bits per heavy atom. The van der Waals surface area contributed by atoms with Crippen LogP contribution in [0.4, 0.5) is 0 Å². The topological polar surface area (TPSA) is 183 Å².